The Hall–Kier alpha value is -1.67. The van der Waals surface area contributed by atoms with E-state index in [4.69, 9.17) is 0 Å². The maximum absolute atomic E-state index is 4.30. The van der Waals surface area contributed by atoms with E-state index in [0.717, 1.165) is 25.1 Å². The summed E-state index contributed by atoms with van der Waals surface area (Å²) in [5.41, 5.74) is 5.11. The Bertz CT molecular complexity index is 549. The first-order valence-electron chi connectivity index (χ1n) is 7.40. The molecule has 2 heteroatoms. The number of hydrogen-bond acceptors (Lipinski definition) is 2. The number of aromatic nitrogens is 1. The number of nitrogens with zero attached hydrogens (tertiary/aromatic N) is 1. The maximum Gasteiger partial charge on any atom is 0.0375 e. The molecule has 0 saturated heterocycles. The van der Waals surface area contributed by atoms with Gasteiger partial charge < -0.3 is 5.32 Å². The van der Waals surface area contributed by atoms with Crippen molar-refractivity contribution in [2.24, 2.45) is 0 Å². The molecule has 1 unspecified atom stereocenters. The van der Waals surface area contributed by atoms with Crippen LogP contribution < -0.4 is 5.32 Å². The Kier molecular flexibility index (Phi) is 5.31. The lowest BCUT2D eigenvalue weighted by molar-refractivity contribution is 0.528. The van der Waals surface area contributed by atoms with E-state index in [1.807, 2.05) is 13.1 Å². The second-order valence-electron chi connectivity index (χ2n) is 5.43. The predicted molar refractivity (Wildman–Crippen MR) is 84.9 cm³/mol. The van der Waals surface area contributed by atoms with Gasteiger partial charge in [0.25, 0.3) is 0 Å². The highest BCUT2D eigenvalue weighted by molar-refractivity contribution is 5.26. The zero-order chi connectivity index (χ0) is 14.4. The first-order chi connectivity index (χ1) is 9.69. The molecule has 0 amide bonds. The lowest BCUT2D eigenvalue weighted by Gasteiger charge is -2.19. The van der Waals surface area contributed by atoms with Crippen molar-refractivity contribution in [2.75, 3.05) is 6.54 Å². The summed E-state index contributed by atoms with van der Waals surface area (Å²) in [5.74, 6) is 0. The summed E-state index contributed by atoms with van der Waals surface area (Å²) in [6.45, 7) is 7.44. The standard InChI is InChI=1S/C18H24N2/c1-4-9-20-18(17-8-10-19-15(3)12-17)13-16-7-5-6-14(2)11-16/h5-8,10-12,18,20H,4,9,13H2,1-3H3. The van der Waals surface area contributed by atoms with Gasteiger partial charge in [0.15, 0.2) is 0 Å². The first-order valence-corrected chi connectivity index (χ1v) is 7.40. The topological polar surface area (TPSA) is 24.9 Å². The van der Waals surface area contributed by atoms with Gasteiger partial charge in [-0.05, 0) is 56.5 Å². The molecule has 1 atom stereocenters. The van der Waals surface area contributed by atoms with Crippen LogP contribution in [0.2, 0.25) is 0 Å². The van der Waals surface area contributed by atoms with E-state index in [2.05, 4.69) is 60.5 Å². The normalized spacial score (nSPS) is 12.3. The van der Waals surface area contributed by atoms with Gasteiger partial charge in [-0.2, -0.15) is 0 Å². The van der Waals surface area contributed by atoms with Crippen LogP contribution in [0.25, 0.3) is 0 Å². The Morgan fingerprint density at radius 1 is 1.15 bits per heavy atom. The molecule has 2 nitrogen and oxygen atoms in total. The molecule has 0 aliphatic heterocycles. The molecular formula is C18H24N2. The third kappa shape index (κ3) is 4.17. The van der Waals surface area contributed by atoms with Crippen LogP contribution in [-0.4, -0.2) is 11.5 Å². The highest BCUT2D eigenvalue weighted by Gasteiger charge is 2.12. The fourth-order valence-electron chi connectivity index (χ4n) is 2.49. The molecule has 20 heavy (non-hydrogen) atoms. The minimum absolute atomic E-state index is 0.360. The van der Waals surface area contributed by atoms with Gasteiger partial charge in [-0.25, -0.2) is 0 Å². The highest BCUT2D eigenvalue weighted by atomic mass is 14.9. The minimum Gasteiger partial charge on any atom is -0.310 e. The van der Waals surface area contributed by atoms with Crippen LogP contribution in [-0.2, 0) is 6.42 Å². The summed E-state index contributed by atoms with van der Waals surface area (Å²) in [4.78, 5) is 4.30. The fourth-order valence-corrected chi connectivity index (χ4v) is 2.49. The molecule has 2 aromatic rings. The average Bonchev–Trinajstić information content (AvgIpc) is 2.43. The van der Waals surface area contributed by atoms with Crippen molar-refractivity contribution in [2.45, 2.75) is 39.7 Å². The van der Waals surface area contributed by atoms with Gasteiger partial charge in [-0.1, -0.05) is 36.8 Å². The molecule has 1 aromatic heterocycles. The van der Waals surface area contributed by atoms with Crippen molar-refractivity contribution in [1.29, 1.82) is 0 Å². The monoisotopic (exact) mass is 268 g/mol. The van der Waals surface area contributed by atoms with E-state index in [-0.39, 0.29) is 0 Å². The van der Waals surface area contributed by atoms with Crippen LogP contribution in [0.15, 0.2) is 42.6 Å². The van der Waals surface area contributed by atoms with Gasteiger partial charge in [-0.3, -0.25) is 4.98 Å². The van der Waals surface area contributed by atoms with Gasteiger partial charge in [0.1, 0.15) is 0 Å². The van der Waals surface area contributed by atoms with Crippen molar-refractivity contribution in [1.82, 2.24) is 10.3 Å². The van der Waals surface area contributed by atoms with E-state index >= 15 is 0 Å². The van der Waals surface area contributed by atoms with Crippen LogP contribution >= 0.6 is 0 Å². The fraction of sp³-hybridized carbons (Fsp3) is 0.389. The van der Waals surface area contributed by atoms with E-state index in [9.17, 15) is 0 Å². The van der Waals surface area contributed by atoms with Crippen molar-refractivity contribution < 1.29 is 0 Å². The molecule has 1 N–H and O–H groups in total. The summed E-state index contributed by atoms with van der Waals surface area (Å²) in [5, 5.41) is 3.65. The van der Waals surface area contributed by atoms with Crippen LogP contribution in [0, 0.1) is 13.8 Å². The number of rotatable bonds is 6. The van der Waals surface area contributed by atoms with Crippen molar-refractivity contribution in [3.05, 3.63) is 65.0 Å². The van der Waals surface area contributed by atoms with Crippen molar-refractivity contribution >= 4 is 0 Å². The van der Waals surface area contributed by atoms with Crippen LogP contribution in [0.3, 0.4) is 0 Å². The van der Waals surface area contributed by atoms with Gasteiger partial charge in [0.2, 0.25) is 0 Å². The Balaban J connectivity index is 2.19. The predicted octanol–water partition coefficient (Wildman–Crippen LogP) is 3.98. The molecule has 0 radical (unpaired) electrons. The largest absolute Gasteiger partial charge is 0.310 e. The number of benzene rings is 1. The van der Waals surface area contributed by atoms with Crippen molar-refractivity contribution in [3.8, 4) is 0 Å². The second-order valence-corrected chi connectivity index (χ2v) is 5.43. The third-order valence-corrected chi connectivity index (χ3v) is 3.49. The van der Waals surface area contributed by atoms with Crippen LogP contribution in [0.4, 0.5) is 0 Å². The van der Waals surface area contributed by atoms with Crippen LogP contribution in [0.1, 0.15) is 41.8 Å². The summed E-state index contributed by atoms with van der Waals surface area (Å²) in [7, 11) is 0. The van der Waals surface area contributed by atoms with E-state index in [0.29, 0.717) is 6.04 Å². The van der Waals surface area contributed by atoms with E-state index in [1.165, 1.54) is 16.7 Å². The average molecular weight is 268 g/mol. The lowest BCUT2D eigenvalue weighted by atomic mass is 9.98. The molecular weight excluding hydrogens is 244 g/mol. The molecule has 0 aliphatic rings. The molecule has 1 heterocycles. The first kappa shape index (κ1) is 14.7. The highest BCUT2D eigenvalue weighted by Crippen LogP contribution is 2.19. The lowest BCUT2D eigenvalue weighted by Crippen LogP contribution is -2.24. The third-order valence-electron chi connectivity index (χ3n) is 3.49. The molecule has 106 valence electrons. The summed E-state index contributed by atoms with van der Waals surface area (Å²) >= 11 is 0. The zero-order valence-electron chi connectivity index (χ0n) is 12.7. The molecule has 1 aromatic carbocycles. The number of nitrogens with one attached hydrogen (secondary N) is 1. The minimum atomic E-state index is 0.360. The zero-order valence-corrected chi connectivity index (χ0v) is 12.7. The molecule has 0 bridgehead atoms. The summed E-state index contributed by atoms with van der Waals surface area (Å²) in [6.07, 6.45) is 4.07. The van der Waals surface area contributed by atoms with Gasteiger partial charge >= 0.3 is 0 Å². The summed E-state index contributed by atoms with van der Waals surface area (Å²) in [6, 6.07) is 13.4. The number of hydrogen-bond donors (Lipinski definition) is 1. The summed E-state index contributed by atoms with van der Waals surface area (Å²) < 4.78 is 0. The molecule has 2 rings (SSSR count). The van der Waals surface area contributed by atoms with Gasteiger partial charge in [0.05, 0.1) is 0 Å². The molecule has 0 spiro atoms. The molecule has 0 aliphatic carbocycles. The van der Waals surface area contributed by atoms with Gasteiger partial charge in [-0.15, -0.1) is 0 Å². The van der Waals surface area contributed by atoms with E-state index in [1.54, 1.807) is 0 Å². The maximum atomic E-state index is 4.30. The SMILES string of the molecule is CCCNC(Cc1cccc(C)c1)c1ccnc(C)c1. The van der Waals surface area contributed by atoms with E-state index < -0.39 is 0 Å². The number of aryl methyl sites for hydroxylation is 2. The quantitative estimate of drug-likeness (QED) is 0.857. The Morgan fingerprint density at radius 3 is 2.70 bits per heavy atom. The smallest absolute Gasteiger partial charge is 0.0375 e. The van der Waals surface area contributed by atoms with Crippen molar-refractivity contribution in [3.63, 3.8) is 0 Å². The Labute approximate surface area is 122 Å². The number of pyridine rings is 1. The molecule has 0 fully saturated rings. The molecule has 0 saturated carbocycles. The second kappa shape index (κ2) is 7.20. The Morgan fingerprint density at radius 2 is 2.00 bits per heavy atom. The van der Waals surface area contributed by atoms with Crippen LogP contribution in [0.5, 0.6) is 0 Å². The van der Waals surface area contributed by atoms with Gasteiger partial charge in [0, 0.05) is 17.9 Å².